The van der Waals surface area contributed by atoms with Crippen LogP contribution < -0.4 is 9.64 Å². The second-order valence-corrected chi connectivity index (χ2v) is 10.9. The second kappa shape index (κ2) is 9.76. The Morgan fingerprint density at radius 1 is 1.03 bits per heavy atom. The highest BCUT2D eigenvalue weighted by molar-refractivity contribution is 6.08. The Hall–Kier alpha value is -3.77. The van der Waals surface area contributed by atoms with Crippen molar-refractivity contribution in [1.29, 1.82) is 0 Å². The van der Waals surface area contributed by atoms with Crippen LogP contribution in [0.5, 0.6) is 5.75 Å². The molecule has 1 fully saturated rings. The van der Waals surface area contributed by atoms with E-state index >= 15 is 0 Å². The van der Waals surface area contributed by atoms with Crippen LogP contribution in [0.15, 0.2) is 66.7 Å². The number of carbonyl (C=O) groups excluding carboxylic acids is 1. The average molecular weight is 525 g/mol. The largest absolute Gasteiger partial charge is 0.513 e. The van der Waals surface area contributed by atoms with Crippen molar-refractivity contribution in [2.45, 2.75) is 58.2 Å². The molecule has 6 heteroatoms. The quantitative estimate of drug-likeness (QED) is 0.183. The lowest BCUT2D eigenvalue weighted by atomic mass is 9.77. The zero-order valence-electron chi connectivity index (χ0n) is 23.2. The molecule has 0 aliphatic carbocycles. The molecular weight excluding hydrogens is 488 g/mol. The predicted octanol–water partition coefficient (Wildman–Crippen LogP) is 7.67. The molecule has 2 aliphatic heterocycles. The number of aryl methyl sites for hydroxylation is 1. The van der Waals surface area contributed by atoms with Crippen molar-refractivity contribution in [2.75, 3.05) is 24.7 Å². The number of unbranched alkanes of at least 4 members (excludes halogenated alkanes) is 1. The van der Waals surface area contributed by atoms with Crippen LogP contribution >= 0.6 is 0 Å². The lowest BCUT2D eigenvalue weighted by molar-refractivity contribution is 0.000304. The summed E-state index contributed by atoms with van der Waals surface area (Å²) in [5.74, 6) is 0.477. The smallest absolute Gasteiger partial charge is 0.434 e. The van der Waals surface area contributed by atoms with E-state index < -0.39 is 11.9 Å². The molecule has 2 aliphatic rings. The first-order chi connectivity index (χ1) is 18.9. The number of nitrogens with zero attached hydrogens (tertiary/aromatic N) is 2. The summed E-state index contributed by atoms with van der Waals surface area (Å²) in [5, 5.41) is 2.57. The minimum absolute atomic E-state index is 0.274. The van der Waals surface area contributed by atoms with Crippen LogP contribution in [-0.4, -0.2) is 36.2 Å². The third-order valence-electron chi connectivity index (χ3n) is 8.36. The van der Waals surface area contributed by atoms with Crippen molar-refractivity contribution in [3.8, 4) is 5.75 Å². The maximum atomic E-state index is 11.9. The Kier molecular flexibility index (Phi) is 6.38. The van der Waals surface area contributed by atoms with Crippen molar-refractivity contribution in [3.63, 3.8) is 0 Å². The summed E-state index contributed by atoms with van der Waals surface area (Å²) in [7, 11) is 0. The van der Waals surface area contributed by atoms with Crippen molar-refractivity contribution in [1.82, 2.24) is 4.57 Å². The molecule has 0 spiro atoms. The predicted molar refractivity (Wildman–Crippen MR) is 157 cm³/mol. The van der Waals surface area contributed by atoms with E-state index in [-0.39, 0.29) is 12.0 Å². The molecule has 0 saturated carbocycles. The number of hydrogen-bond acceptors (Lipinski definition) is 5. The van der Waals surface area contributed by atoms with Gasteiger partial charge in [0.15, 0.2) is 5.72 Å². The number of para-hydroxylation sites is 1. The van der Waals surface area contributed by atoms with Gasteiger partial charge in [-0.2, -0.15) is 0 Å². The monoisotopic (exact) mass is 524 g/mol. The minimum atomic E-state index is -0.689. The molecule has 4 aromatic rings. The molecule has 0 bridgehead atoms. The normalized spacial score (nSPS) is 19.6. The summed E-state index contributed by atoms with van der Waals surface area (Å²) >= 11 is 0. The third-order valence-corrected chi connectivity index (χ3v) is 8.36. The van der Waals surface area contributed by atoms with Gasteiger partial charge in [0.1, 0.15) is 5.75 Å². The van der Waals surface area contributed by atoms with Gasteiger partial charge in [0.2, 0.25) is 0 Å². The van der Waals surface area contributed by atoms with Crippen molar-refractivity contribution < 1.29 is 19.0 Å². The number of carbonyl (C=O) groups is 1. The van der Waals surface area contributed by atoms with Gasteiger partial charge >= 0.3 is 6.16 Å². The SMILES string of the molecule is CCCCn1c2ccccc2c2cc(C=CC34OCCN3c3ccc(OC(=O)OCC)cc3C4(C)C)ccc21. The number of hydrogen-bond donors (Lipinski definition) is 0. The number of benzene rings is 3. The zero-order valence-corrected chi connectivity index (χ0v) is 23.2. The topological polar surface area (TPSA) is 52.9 Å². The van der Waals surface area contributed by atoms with Gasteiger partial charge in [-0.15, -0.1) is 0 Å². The van der Waals surface area contributed by atoms with E-state index in [1.54, 1.807) is 6.92 Å². The van der Waals surface area contributed by atoms with E-state index in [1.807, 2.05) is 18.2 Å². The number of aromatic nitrogens is 1. The van der Waals surface area contributed by atoms with Crippen LogP contribution in [0.1, 0.15) is 51.7 Å². The first kappa shape index (κ1) is 25.5. The van der Waals surface area contributed by atoms with Gasteiger partial charge in [-0.3, -0.25) is 0 Å². The molecule has 1 unspecified atom stereocenters. The van der Waals surface area contributed by atoms with Crippen LogP contribution in [0.4, 0.5) is 10.5 Å². The molecule has 0 amide bonds. The van der Waals surface area contributed by atoms with Crippen LogP contribution in [0.25, 0.3) is 27.9 Å². The molecule has 6 rings (SSSR count). The summed E-state index contributed by atoms with van der Waals surface area (Å²) in [6, 6.07) is 21.2. The van der Waals surface area contributed by atoms with Gasteiger partial charge in [-0.05, 0) is 66.9 Å². The Labute approximate surface area is 229 Å². The highest BCUT2D eigenvalue weighted by atomic mass is 16.7. The minimum Gasteiger partial charge on any atom is -0.434 e. The van der Waals surface area contributed by atoms with Crippen LogP contribution in [0.2, 0.25) is 0 Å². The standard InChI is InChI=1S/C33H36N2O4/c1-5-7-18-34-28-11-9-8-10-25(28)26-21-23(12-14-29(26)34)16-17-33-32(3,4)27-22-24(39-31(36)37-6-2)13-15-30(27)35(33)19-20-38-33/h8-17,21-22H,5-7,18-20H2,1-4H3. The van der Waals surface area contributed by atoms with Crippen molar-refractivity contribution in [3.05, 3.63) is 77.9 Å². The molecule has 0 radical (unpaired) electrons. The fourth-order valence-electron chi connectivity index (χ4n) is 6.39. The fourth-order valence-corrected chi connectivity index (χ4v) is 6.39. The number of rotatable bonds is 7. The van der Waals surface area contributed by atoms with E-state index in [2.05, 4.69) is 84.9 Å². The van der Waals surface area contributed by atoms with E-state index in [0.717, 1.165) is 36.3 Å². The van der Waals surface area contributed by atoms with Crippen LogP contribution in [0.3, 0.4) is 0 Å². The molecule has 1 saturated heterocycles. The number of ether oxygens (including phenoxy) is 3. The molecule has 0 N–H and O–H groups in total. The zero-order chi connectivity index (χ0) is 27.2. The Balaban J connectivity index is 1.37. The summed E-state index contributed by atoms with van der Waals surface area (Å²) < 4.78 is 19.4. The van der Waals surface area contributed by atoms with E-state index in [9.17, 15) is 4.79 Å². The second-order valence-electron chi connectivity index (χ2n) is 10.9. The third kappa shape index (κ3) is 4.00. The van der Waals surface area contributed by atoms with E-state index in [0.29, 0.717) is 12.4 Å². The van der Waals surface area contributed by atoms with Crippen molar-refractivity contribution >= 4 is 39.7 Å². The summed E-state index contributed by atoms with van der Waals surface area (Å²) in [5.41, 5.74) is 4.88. The van der Waals surface area contributed by atoms with Gasteiger partial charge in [0, 0.05) is 46.0 Å². The van der Waals surface area contributed by atoms with Gasteiger partial charge in [0.05, 0.1) is 13.2 Å². The molecule has 1 atom stereocenters. The summed E-state index contributed by atoms with van der Waals surface area (Å²) in [6.07, 6.45) is 6.05. The Bertz CT molecular complexity index is 1580. The number of anilines is 1. The maximum Gasteiger partial charge on any atom is 0.513 e. The molecule has 6 nitrogen and oxygen atoms in total. The first-order valence-corrected chi connectivity index (χ1v) is 14.0. The van der Waals surface area contributed by atoms with E-state index in [1.165, 1.54) is 28.2 Å². The Morgan fingerprint density at radius 2 is 1.85 bits per heavy atom. The van der Waals surface area contributed by atoms with Gasteiger partial charge in [-0.25, -0.2) is 4.79 Å². The molecule has 39 heavy (non-hydrogen) atoms. The highest BCUT2D eigenvalue weighted by Gasteiger charge is 2.59. The summed E-state index contributed by atoms with van der Waals surface area (Å²) in [6.45, 7) is 11.1. The van der Waals surface area contributed by atoms with Crippen molar-refractivity contribution in [2.24, 2.45) is 0 Å². The Morgan fingerprint density at radius 3 is 2.67 bits per heavy atom. The lowest BCUT2D eigenvalue weighted by Crippen LogP contribution is -2.51. The average Bonchev–Trinajstić information content (AvgIpc) is 3.55. The molecule has 202 valence electrons. The molecular formula is C33H36N2O4. The first-order valence-electron chi connectivity index (χ1n) is 14.0. The van der Waals surface area contributed by atoms with E-state index in [4.69, 9.17) is 14.2 Å². The van der Waals surface area contributed by atoms with Gasteiger partial charge < -0.3 is 23.7 Å². The van der Waals surface area contributed by atoms with Crippen LogP contribution in [0, 0.1) is 0 Å². The highest BCUT2D eigenvalue weighted by Crippen LogP contribution is 2.56. The van der Waals surface area contributed by atoms with Crippen LogP contribution in [-0.2, 0) is 21.4 Å². The lowest BCUT2D eigenvalue weighted by Gasteiger charge is -2.39. The summed E-state index contributed by atoms with van der Waals surface area (Å²) in [4.78, 5) is 14.3. The van der Waals surface area contributed by atoms with Gasteiger partial charge in [0.25, 0.3) is 0 Å². The molecule has 3 aromatic carbocycles. The molecule has 1 aromatic heterocycles. The maximum absolute atomic E-state index is 11.9. The number of fused-ring (bicyclic) bond motifs is 6. The van der Waals surface area contributed by atoms with Gasteiger partial charge in [-0.1, -0.05) is 57.5 Å². The fraction of sp³-hybridized carbons (Fsp3) is 0.364. The molecule has 3 heterocycles.